The van der Waals surface area contributed by atoms with E-state index in [0.29, 0.717) is 11.1 Å². The summed E-state index contributed by atoms with van der Waals surface area (Å²) in [5, 5.41) is 24.7. The lowest BCUT2D eigenvalue weighted by Gasteiger charge is -2.12. The number of hydrogen-bond acceptors (Lipinski definition) is 2. The number of rotatable bonds is 5. The Kier molecular flexibility index (Phi) is 7.22. The molecule has 54 heavy (non-hydrogen) atoms. The van der Waals surface area contributed by atoms with Gasteiger partial charge in [-0.25, -0.2) is 0 Å². The molecule has 0 unspecified atom stereocenters. The number of aromatic nitrogens is 2. The highest BCUT2D eigenvalue weighted by molar-refractivity contribution is 6.12. The molecule has 0 saturated heterocycles. The number of para-hydroxylation sites is 2. The van der Waals surface area contributed by atoms with Crippen LogP contribution in [0.5, 0.6) is 0 Å². The average Bonchev–Trinajstić information content (AvgIpc) is 3.76. The van der Waals surface area contributed by atoms with Gasteiger partial charge in [-0.15, -0.1) is 0 Å². The van der Waals surface area contributed by atoms with Gasteiger partial charge in [-0.05, 0) is 106 Å². The summed E-state index contributed by atoms with van der Waals surface area (Å²) < 4.78 is 4.55. The summed E-state index contributed by atoms with van der Waals surface area (Å²) in [4.78, 5) is 0. The summed E-state index contributed by atoms with van der Waals surface area (Å²) in [6.07, 6.45) is 0. The minimum atomic E-state index is 0.622. The molecule has 0 aliphatic rings. The van der Waals surface area contributed by atoms with Crippen molar-refractivity contribution in [3.05, 3.63) is 193 Å². The lowest BCUT2D eigenvalue weighted by molar-refractivity contribution is 1.18. The molecule has 2 aromatic heterocycles. The van der Waals surface area contributed by atoms with Crippen molar-refractivity contribution in [2.24, 2.45) is 0 Å². The molecule has 0 aliphatic carbocycles. The fourth-order valence-electron chi connectivity index (χ4n) is 8.07. The topological polar surface area (TPSA) is 57.4 Å². The Labute approximate surface area is 312 Å². The van der Waals surface area contributed by atoms with Crippen LogP contribution in [0.1, 0.15) is 11.1 Å². The Balaban J connectivity index is 1.14. The Morgan fingerprint density at radius 1 is 0.296 bits per heavy atom. The van der Waals surface area contributed by atoms with Gasteiger partial charge in [-0.3, -0.25) is 0 Å². The minimum absolute atomic E-state index is 0.622. The number of benzene rings is 8. The van der Waals surface area contributed by atoms with Crippen LogP contribution in [0.3, 0.4) is 0 Å². The third kappa shape index (κ3) is 5.06. The Hall–Kier alpha value is -7.66. The highest BCUT2D eigenvalue weighted by atomic mass is 15.0. The first-order valence-electron chi connectivity index (χ1n) is 18.0. The van der Waals surface area contributed by atoms with Crippen LogP contribution in [-0.2, 0) is 0 Å². The summed E-state index contributed by atoms with van der Waals surface area (Å²) in [6.45, 7) is 0. The van der Waals surface area contributed by atoms with E-state index in [-0.39, 0.29) is 0 Å². The van der Waals surface area contributed by atoms with Crippen LogP contribution < -0.4 is 0 Å². The van der Waals surface area contributed by atoms with E-state index in [0.717, 1.165) is 88.4 Å². The predicted octanol–water partition coefficient (Wildman–Crippen LogP) is 12.6. The summed E-state index contributed by atoms with van der Waals surface area (Å²) in [5.74, 6) is 0. The zero-order chi connectivity index (χ0) is 36.2. The van der Waals surface area contributed by atoms with Crippen molar-refractivity contribution in [2.45, 2.75) is 0 Å². The molecule has 10 aromatic rings. The third-order valence-corrected chi connectivity index (χ3v) is 10.5. The molecule has 0 saturated carbocycles. The van der Waals surface area contributed by atoms with Crippen molar-refractivity contribution >= 4 is 43.6 Å². The molecule has 0 amide bonds. The molecule has 250 valence electrons. The molecule has 0 spiro atoms. The van der Waals surface area contributed by atoms with E-state index in [1.54, 1.807) is 0 Å². The zero-order valence-corrected chi connectivity index (χ0v) is 29.1. The third-order valence-electron chi connectivity index (χ3n) is 10.5. The van der Waals surface area contributed by atoms with Crippen LogP contribution in [0.4, 0.5) is 0 Å². The molecule has 0 radical (unpaired) electrons. The molecule has 0 atom stereocenters. The van der Waals surface area contributed by atoms with Crippen LogP contribution in [0.2, 0.25) is 0 Å². The zero-order valence-electron chi connectivity index (χ0n) is 29.1. The SMILES string of the molecule is N#Cc1cc(-c2ccccc2)cc(-n2c3ccccc3c3cc(-c4ccc5c(c4)c4ccccc4n5-c4cc(C#N)cc(-c5ccccc5)c4)ccc32)c1. The van der Waals surface area contributed by atoms with Gasteiger partial charge in [-0.1, -0.05) is 109 Å². The van der Waals surface area contributed by atoms with Crippen molar-refractivity contribution in [2.75, 3.05) is 0 Å². The summed E-state index contributed by atoms with van der Waals surface area (Å²) >= 11 is 0. The number of fused-ring (bicyclic) bond motifs is 6. The van der Waals surface area contributed by atoms with E-state index in [1.807, 2.05) is 60.7 Å². The maximum absolute atomic E-state index is 10.0. The van der Waals surface area contributed by atoms with Crippen molar-refractivity contribution in [1.29, 1.82) is 10.5 Å². The number of nitrogens with zero attached hydrogens (tertiary/aromatic N) is 4. The minimum Gasteiger partial charge on any atom is -0.309 e. The van der Waals surface area contributed by atoms with Crippen LogP contribution in [-0.4, -0.2) is 9.13 Å². The van der Waals surface area contributed by atoms with Gasteiger partial charge in [0.05, 0.1) is 45.3 Å². The normalized spacial score (nSPS) is 11.3. The van der Waals surface area contributed by atoms with E-state index >= 15 is 0 Å². The number of nitriles is 2. The van der Waals surface area contributed by atoms with E-state index in [9.17, 15) is 10.5 Å². The molecule has 0 fully saturated rings. The van der Waals surface area contributed by atoms with Gasteiger partial charge in [-0.2, -0.15) is 10.5 Å². The van der Waals surface area contributed by atoms with E-state index in [2.05, 4.69) is 143 Å². The average molecular weight is 687 g/mol. The second kappa shape index (κ2) is 12.5. The highest BCUT2D eigenvalue weighted by Crippen LogP contribution is 2.39. The van der Waals surface area contributed by atoms with Crippen molar-refractivity contribution in [3.63, 3.8) is 0 Å². The second-order valence-corrected chi connectivity index (χ2v) is 13.7. The summed E-state index contributed by atoms with van der Waals surface area (Å²) in [5.41, 5.74) is 13.9. The molecular formula is C50H30N4. The van der Waals surface area contributed by atoms with Gasteiger partial charge in [0, 0.05) is 32.9 Å². The number of hydrogen-bond donors (Lipinski definition) is 0. The van der Waals surface area contributed by atoms with E-state index in [1.165, 1.54) is 0 Å². The smallest absolute Gasteiger partial charge is 0.0992 e. The van der Waals surface area contributed by atoms with E-state index in [4.69, 9.17) is 0 Å². The van der Waals surface area contributed by atoms with Gasteiger partial charge in [0.25, 0.3) is 0 Å². The molecule has 4 heteroatoms. The van der Waals surface area contributed by atoms with Crippen LogP contribution in [0, 0.1) is 22.7 Å². The first-order valence-corrected chi connectivity index (χ1v) is 18.0. The molecule has 4 nitrogen and oxygen atoms in total. The highest BCUT2D eigenvalue weighted by Gasteiger charge is 2.18. The van der Waals surface area contributed by atoms with Crippen molar-refractivity contribution in [1.82, 2.24) is 9.13 Å². The quantitative estimate of drug-likeness (QED) is 0.181. The molecule has 10 rings (SSSR count). The predicted molar refractivity (Wildman–Crippen MR) is 221 cm³/mol. The molecule has 0 N–H and O–H groups in total. The largest absolute Gasteiger partial charge is 0.309 e. The molecule has 0 aliphatic heterocycles. The monoisotopic (exact) mass is 686 g/mol. The van der Waals surface area contributed by atoms with Gasteiger partial charge in [0.15, 0.2) is 0 Å². The maximum Gasteiger partial charge on any atom is 0.0992 e. The van der Waals surface area contributed by atoms with Crippen LogP contribution in [0.15, 0.2) is 182 Å². The van der Waals surface area contributed by atoms with E-state index < -0.39 is 0 Å². The van der Waals surface area contributed by atoms with Gasteiger partial charge >= 0.3 is 0 Å². The standard InChI is InChI=1S/C50H30N4/c51-31-33-23-39(35-11-3-1-4-12-35)27-41(25-33)53-47-17-9-7-15-43(47)45-29-37(19-21-49(45)53)38-20-22-50-46(30-38)44-16-8-10-18-48(44)54(50)42-26-34(32-52)24-40(28-42)36-13-5-2-6-14-36/h1-30H. The Morgan fingerprint density at radius 3 is 1.11 bits per heavy atom. The lowest BCUT2D eigenvalue weighted by atomic mass is 10.0. The molecule has 0 bridgehead atoms. The van der Waals surface area contributed by atoms with Crippen molar-refractivity contribution in [3.8, 4) is 56.9 Å². The van der Waals surface area contributed by atoms with Crippen molar-refractivity contribution < 1.29 is 0 Å². The fraction of sp³-hybridized carbons (Fsp3) is 0. The molecule has 2 heterocycles. The van der Waals surface area contributed by atoms with Gasteiger partial charge < -0.3 is 9.13 Å². The molecule has 8 aromatic carbocycles. The van der Waals surface area contributed by atoms with Gasteiger partial charge in [0.2, 0.25) is 0 Å². The first kappa shape index (κ1) is 31.1. The summed E-state index contributed by atoms with van der Waals surface area (Å²) in [6, 6.07) is 67.9. The Morgan fingerprint density at radius 2 is 0.685 bits per heavy atom. The fourth-order valence-corrected chi connectivity index (χ4v) is 8.07. The maximum atomic E-state index is 10.0. The van der Waals surface area contributed by atoms with Gasteiger partial charge in [0.1, 0.15) is 0 Å². The summed E-state index contributed by atoms with van der Waals surface area (Å²) in [7, 11) is 0. The van der Waals surface area contributed by atoms with Crippen LogP contribution in [0.25, 0.3) is 88.4 Å². The molecular weight excluding hydrogens is 657 g/mol. The van der Waals surface area contributed by atoms with Crippen LogP contribution >= 0.6 is 0 Å². The second-order valence-electron chi connectivity index (χ2n) is 13.7. The lowest BCUT2D eigenvalue weighted by Crippen LogP contribution is -1.96. The Bertz CT molecular complexity index is 2950. The first-order chi connectivity index (χ1) is 26.7.